The topological polar surface area (TPSA) is 103 Å². The van der Waals surface area contributed by atoms with Gasteiger partial charge in [0.05, 0.1) is 18.5 Å². The first-order valence-electron chi connectivity index (χ1n) is 13.6. The fourth-order valence-electron chi connectivity index (χ4n) is 5.43. The molecule has 1 unspecified atom stereocenters. The number of ether oxygens (including phenoxy) is 2. The second kappa shape index (κ2) is 11.6. The van der Waals surface area contributed by atoms with Gasteiger partial charge in [0.25, 0.3) is 0 Å². The molecule has 42 heavy (non-hydrogen) atoms. The fourth-order valence-corrected chi connectivity index (χ4v) is 5.43. The molecule has 5 rings (SSSR count). The molecule has 0 fully saturated rings. The third-order valence-corrected chi connectivity index (χ3v) is 7.65. The predicted molar refractivity (Wildman–Crippen MR) is 148 cm³/mol. The molecule has 0 aliphatic carbocycles. The first-order valence-corrected chi connectivity index (χ1v) is 13.6. The van der Waals surface area contributed by atoms with Crippen molar-refractivity contribution in [3.05, 3.63) is 76.0 Å². The summed E-state index contributed by atoms with van der Waals surface area (Å²) in [5.41, 5.74) is 6.09. The second-order valence-corrected chi connectivity index (χ2v) is 10.5. The summed E-state index contributed by atoms with van der Waals surface area (Å²) >= 11 is 0. The number of aromatic nitrogens is 4. The van der Waals surface area contributed by atoms with Gasteiger partial charge in [-0.2, -0.15) is 13.2 Å². The molecule has 0 saturated heterocycles. The number of carbonyl (C=O) groups is 1. The highest BCUT2D eigenvalue weighted by Gasteiger charge is 2.44. The van der Waals surface area contributed by atoms with Gasteiger partial charge < -0.3 is 14.6 Å². The van der Waals surface area contributed by atoms with Crippen LogP contribution >= 0.6 is 0 Å². The highest BCUT2D eigenvalue weighted by atomic mass is 19.4. The average Bonchev–Trinajstić information content (AvgIpc) is 3.20. The summed E-state index contributed by atoms with van der Waals surface area (Å²) in [6, 6.07) is 12.2. The van der Waals surface area contributed by atoms with Gasteiger partial charge in [0.2, 0.25) is 12.0 Å². The Morgan fingerprint density at radius 3 is 2.71 bits per heavy atom. The Morgan fingerprint density at radius 1 is 1.19 bits per heavy atom. The molecule has 1 aliphatic heterocycles. The Kier molecular flexibility index (Phi) is 8.09. The Hall–Kier alpha value is -4.19. The van der Waals surface area contributed by atoms with E-state index in [1.807, 2.05) is 51.2 Å². The molecule has 3 heterocycles. The first kappa shape index (κ1) is 29.3. The molecule has 0 bridgehead atoms. The van der Waals surface area contributed by atoms with Crippen LogP contribution in [-0.4, -0.2) is 61.4 Å². The maximum Gasteiger partial charge on any atom is 0.426 e. The van der Waals surface area contributed by atoms with E-state index in [2.05, 4.69) is 15.3 Å². The monoisotopic (exact) mass is 583 g/mol. The lowest BCUT2D eigenvalue weighted by molar-refractivity contribution is -0.198. The van der Waals surface area contributed by atoms with E-state index in [0.29, 0.717) is 0 Å². The molecular weight excluding hydrogens is 551 g/mol. The van der Waals surface area contributed by atoms with Crippen LogP contribution in [0.25, 0.3) is 11.0 Å². The molecule has 9 nitrogen and oxygen atoms in total. The van der Waals surface area contributed by atoms with Crippen molar-refractivity contribution in [3.63, 3.8) is 0 Å². The molecule has 2 aromatic heterocycles. The standard InChI is InChI=1S/C30H32F3N5O4/c1-5-41-28(40)13-22(21-8-9-24-29(18(21)3)35-36-37(24)4)19-7-6-17(2)20(12-19)14-38-15-23-25(10-11-27(39)34-23)42-26(16-38)30(31,32)33/h6-12,22,26H,5,13-16H2,1-4H3,(H,34,39)/t22?,26-/m1/s1. The van der Waals surface area contributed by atoms with Crippen LogP contribution in [0.5, 0.6) is 11.6 Å². The normalized spacial score (nSPS) is 16.5. The molecule has 2 atom stereocenters. The average molecular weight is 584 g/mol. The summed E-state index contributed by atoms with van der Waals surface area (Å²) in [5.74, 6) is -1.04. The zero-order valence-corrected chi connectivity index (χ0v) is 23.8. The summed E-state index contributed by atoms with van der Waals surface area (Å²) < 4.78 is 54.0. The second-order valence-electron chi connectivity index (χ2n) is 10.5. The van der Waals surface area contributed by atoms with Gasteiger partial charge in [-0.1, -0.05) is 29.5 Å². The smallest absolute Gasteiger partial charge is 0.426 e. The van der Waals surface area contributed by atoms with E-state index >= 15 is 0 Å². The highest BCUT2D eigenvalue weighted by molar-refractivity contribution is 5.80. The number of aryl methyl sites for hydroxylation is 3. The number of fused-ring (bicyclic) bond motifs is 2. The van der Waals surface area contributed by atoms with Crippen molar-refractivity contribution >= 4 is 17.0 Å². The van der Waals surface area contributed by atoms with Gasteiger partial charge in [0.1, 0.15) is 17.0 Å². The van der Waals surface area contributed by atoms with Crippen LogP contribution in [0.15, 0.2) is 42.5 Å². The third-order valence-electron chi connectivity index (χ3n) is 7.65. The van der Waals surface area contributed by atoms with Crippen molar-refractivity contribution in [3.8, 4) is 11.6 Å². The lowest BCUT2D eigenvalue weighted by Crippen LogP contribution is -2.42. The van der Waals surface area contributed by atoms with E-state index < -0.39 is 18.8 Å². The van der Waals surface area contributed by atoms with Gasteiger partial charge >= 0.3 is 12.1 Å². The number of halogens is 3. The SMILES string of the molecule is CCOC(=O)CC(c1ccc(C)c(CN2Cc3nc(O)ccc3O[C@@H](C(F)(F)F)C2)c1)c1ccc2c(nnn2C)c1C. The minimum Gasteiger partial charge on any atom is -0.493 e. The van der Waals surface area contributed by atoms with E-state index in [-0.39, 0.29) is 55.3 Å². The van der Waals surface area contributed by atoms with Gasteiger partial charge in [0.15, 0.2) is 0 Å². The summed E-state index contributed by atoms with van der Waals surface area (Å²) in [6.45, 7) is 5.63. The van der Waals surface area contributed by atoms with E-state index in [0.717, 1.165) is 38.9 Å². The number of esters is 1. The Bertz CT molecular complexity index is 1620. The number of benzene rings is 2. The van der Waals surface area contributed by atoms with Crippen LogP contribution in [0.4, 0.5) is 13.2 Å². The maximum absolute atomic E-state index is 13.9. The van der Waals surface area contributed by atoms with Crippen LogP contribution in [0.3, 0.4) is 0 Å². The van der Waals surface area contributed by atoms with E-state index in [1.54, 1.807) is 16.5 Å². The lowest BCUT2D eigenvalue weighted by atomic mass is 9.84. The summed E-state index contributed by atoms with van der Waals surface area (Å²) in [4.78, 5) is 18.4. The molecule has 4 aromatic rings. The molecule has 0 radical (unpaired) electrons. The fraction of sp³-hybridized carbons (Fsp3) is 0.400. The summed E-state index contributed by atoms with van der Waals surface area (Å²) in [6.07, 6.45) is -6.59. The van der Waals surface area contributed by atoms with Gasteiger partial charge in [-0.05, 0) is 60.7 Å². The van der Waals surface area contributed by atoms with Crippen molar-refractivity contribution in [1.29, 1.82) is 0 Å². The van der Waals surface area contributed by atoms with Crippen molar-refractivity contribution < 1.29 is 32.5 Å². The number of alkyl halides is 3. The van der Waals surface area contributed by atoms with Gasteiger partial charge in [0, 0.05) is 38.7 Å². The molecule has 0 spiro atoms. The van der Waals surface area contributed by atoms with Gasteiger partial charge in [-0.3, -0.25) is 9.69 Å². The number of rotatable bonds is 7. The summed E-state index contributed by atoms with van der Waals surface area (Å²) in [7, 11) is 1.81. The van der Waals surface area contributed by atoms with Crippen LogP contribution in [0, 0.1) is 13.8 Å². The van der Waals surface area contributed by atoms with Crippen LogP contribution < -0.4 is 4.74 Å². The molecule has 12 heteroatoms. The van der Waals surface area contributed by atoms with Gasteiger partial charge in [-0.25, -0.2) is 9.67 Å². The minimum atomic E-state index is -4.60. The molecule has 0 saturated carbocycles. The molecular formula is C30H32F3N5O4. The van der Waals surface area contributed by atoms with Crippen molar-refractivity contribution in [1.82, 2.24) is 24.9 Å². The van der Waals surface area contributed by atoms with Crippen LogP contribution in [-0.2, 0) is 29.7 Å². The zero-order valence-electron chi connectivity index (χ0n) is 23.8. The predicted octanol–water partition coefficient (Wildman–Crippen LogP) is 5.10. The highest BCUT2D eigenvalue weighted by Crippen LogP contribution is 2.36. The lowest BCUT2D eigenvalue weighted by Gasteiger charge is -2.26. The first-order chi connectivity index (χ1) is 19.9. The molecule has 1 aliphatic rings. The maximum atomic E-state index is 13.9. The molecule has 2 aromatic carbocycles. The number of hydrogen-bond donors (Lipinski definition) is 1. The van der Waals surface area contributed by atoms with Crippen molar-refractivity contribution in [2.24, 2.45) is 7.05 Å². The Morgan fingerprint density at radius 2 is 1.98 bits per heavy atom. The number of hydrogen-bond acceptors (Lipinski definition) is 8. The van der Waals surface area contributed by atoms with Crippen molar-refractivity contribution in [2.75, 3.05) is 13.2 Å². The number of aromatic hydroxyl groups is 1. The van der Waals surface area contributed by atoms with Crippen molar-refractivity contribution in [2.45, 2.75) is 58.5 Å². The van der Waals surface area contributed by atoms with Crippen LogP contribution in [0.2, 0.25) is 0 Å². The minimum absolute atomic E-state index is 0.00697. The van der Waals surface area contributed by atoms with E-state index in [1.165, 1.54) is 12.1 Å². The van der Waals surface area contributed by atoms with E-state index in [9.17, 15) is 23.1 Å². The van der Waals surface area contributed by atoms with Gasteiger partial charge in [-0.15, -0.1) is 5.10 Å². The summed E-state index contributed by atoms with van der Waals surface area (Å²) in [5, 5.41) is 18.3. The number of carbonyl (C=O) groups excluding carboxylic acids is 1. The molecule has 1 N–H and O–H groups in total. The number of pyridine rings is 1. The van der Waals surface area contributed by atoms with E-state index in [4.69, 9.17) is 9.47 Å². The quantitative estimate of drug-likeness (QED) is 0.300. The Balaban J connectivity index is 1.52. The molecule has 222 valence electrons. The van der Waals surface area contributed by atoms with Crippen LogP contribution in [0.1, 0.15) is 52.8 Å². The molecule has 0 amide bonds. The third kappa shape index (κ3) is 6.03. The Labute approximate surface area is 240 Å². The largest absolute Gasteiger partial charge is 0.493 e. The zero-order chi connectivity index (χ0) is 30.2. The number of nitrogens with zero attached hydrogens (tertiary/aromatic N) is 5.